The lowest BCUT2D eigenvalue weighted by Crippen LogP contribution is -2.03. The molecule has 1 atom stereocenters. The van der Waals surface area contributed by atoms with Gasteiger partial charge in [0.2, 0.25) is 0 Å². The van der Waals surface area contributed by atoms with E-state index >= 15 is 0 Å². The van der Waals surface area contributed by atoms with Crippen LogP contribution in [0.4, 0.5) is 0 Å². The first-order valence-electron chi connectivity index (χ1n) is 6.59. The van der Waals surface area contributed by atoms with Gasteiger partial charge in [0.1, 0.15) is 23.5 Å². The summed E-state index contributed by atoms with van der Waals surface area (Å²) in [6.07, 6.45) is 0.279. The molecule has 0 N–H and O–H groups in total. The van der Waals surface area contributed by atoms with Crippen molar-refractivity contribution in [2.24, 2.45) is 0 Å². The van der Waals surface area contributed by atoms with E-state index in [0.29, 0.717) is 6.61 Å². The highest BCUT2D eigenvalue weighted by Crippen LogP contribution is 2.32. The maximum absolute atomic E-state index is 5.69. The zero-order valence-electron chi connectivity index (χ0n) is 10.8. The molecule has 0 amide bonds. The van der Waals surface area contributed by atoms with E-state index in [0.717, 1.165) is 28.4 Å². The average Bonchev–Trinajstić information content (AvgIpc) is 3.23. The van der Waals surface area contributed by atoms with Crippen LogP contribution in [-0.2, 0) is 4.74 Å². The SMILES string of the molecule is c1ccc(-c2nc3cc(OC[C@H]4CO4)ccc3s2)cc1. The molecule has 0 radical (unpaired) electrons. The number of benzene rings is 2. The highest BCUT2D eigenvalue weighted by Gasteiger charge is 2.23. The molecule has 0 aliphatic carbocycles. The quantitative estimate of drug-likeness (QED) is 0.684. The molecule has 1 aliphatic heterocycles. The van der Waals surface area contributed by atoms with E-state index in [1.54, 1.807) is 11.3 Å². The Balaban J connectivity index is 1.64. The minimum Gasteiger partial charge on any atom is -0.491 e. The number of nitrogens with zero attached hydrogens (tertiary/aromatic N) is 1. The maximum Gasteiger partial charge on any atom is 0.124 e. The molecule has 0 saturated carbocycles. The third-order valence-electron chi connectivity index (χ3n) is 3.22. The Morgan fingerprint density at radius 1 is 1.20 bits per heavy atom. The number of hydrogen-bond acceptors (Lipinski definition) is 4. The summed E-state index contributed by atoms with van der Waals surface area (Å²) < 4.78 is 12.0. The number of hydrogen-bond donors (Lipinski definition) is 0. The van der Waals surface area contributed by atoms with Gasteiger partial charge in [0.15, 0.2) is 0 Å². The number of thiazole rings is 1. The molecule has 4 rings (SSSR count). The van der Waals surface area contributed by atoms with E-state index < -0.39 is 0 Å². The third kappa shape index (κ3) is 2.40. The van der Waals surface area contributed by atoms with Gasteiger partial charge >= 0.3 is 0 Å². The molecule has 3 aromatic rings. The molecule has 2 aromatic carbocycles. The van der Waals surface area contributed by atoms with Gasteiger partial charge in [-0.25, -0.2) is 4.98 Å². The Hall–Kier alpha value is -1.91. The highest BCUT2D eigenvalue weighted by molar-refractivity contribution is 7.21. The summed E-state index contributed by atoms with van der Waals surface area (Å²) in [6.45, 7) is 1.44. The minimum atomic E-state index is 0.279. The lowest BCUT2D eigenvalue weighted by atomic mass is 10.2. The van der Waals surface area contributed by atoms with Crippen molar-refractivity contribution in [3.05, 3.63) is 48.5 Å². The van der Waals surface area contributed by atoms with Crippen LogP contribution >= 0.6 is 11.3 Å². The number of ether oxygens (including phenoxy) is 2. The predicted molar refractivity (Wildman–Crippen MR) is 80.3 cm³/mol. The third-order valence-corrected chi connectivity index (χ3v) is 4.30. The summed E-state index contributed by atoms with van der Waals surface area (Å²) in [5.74, 6) is 0.859. The van der Waals surface area contributed by atoms with E-state index in [1.807, 2.05) is 30.3 Å². The smallest absolute Gasteiger partial charge is 0.124 e. The van der Waals surface area contributed by atoms with Crippen molar-refractivity contribution >= 4 is 21.6 Å². The Morgan fingerprint density at radius 2 is 2.05 bits per heavy atom. The van der Waals surface area contributed by atoms with Crippen molar-refractivity contribution in [1.29, 1.82) is 0 Å². The van der Waals surface area contributed by atoms with Crippen LogP contribution in [0, 0.1) is 0 Å². The second-order valence-electron chi connectivity index (χ2n) is 4.78. The summed E-state index contributed by atoms with van der Waals surface area (Å²) in [6, 6.07) is 16.3. The van der Waals surface area contributed by atoms with Crippen LogP contribution in [0.2, 0.25) is 0 Å². The van der Waals surface area contributed by atoms with Gasteiger partial charge in [0.25, 0.3) is 0 Å². The molecule has 0 spiro atoms. The summed E-state index contributed by atoms with van der Waals surface area (Å²) in [4.78, 5) is 4.69. The van der Waals surface area contributed by atoms with Crippen LogP contribution in [0.25, 0.3) is 20.8 Å². The Morgan fingerprint density at radius 3 is 2.85 bits per heavy atom. The molecule has 20 heavy (non-hydrogen) atoms. The molecule has 1 saturated heterocycles. The molecule has 0 unspecified atom stereocenters. The largest absolute Gasteiger partial charge is 0.491 e. The van der Waals surface area contributed by atoms with Crippen molar-refractivity contribution in [3.63, 3.8) is 0 Å². The average molecular weight is 283 g/mol. The van der Waals surface area contributed by atoms with E-state index in [1.165, 1.54) is 4.70 Å². The van der Waals surface area contributed by atoms with Crippen molar-refractivity contribution in [2.75, 3.05) is 13.2 Å². The van der Waals surface area contributed by atoms with Crippen molar-refractivity contribution in [1.82, 2.24) is 4.98 Å². The standard InChI is InChI=1S/C16H13NO2S/c1-2-4-11(5-3-1)16-17-14-8-12(6-7-15(14)20-16)18-9-13-10-19-13/h1-8,13H,9-10H2/t13-/m0/s1. The van der Waals surface area contributed by atoms with E-state index in [2.05, 4.69) is 18.2 Å². The fraction of sp³-hybridized carbons (Fsp3) is 0.188. The first kappa shape index (κ1) is 11.9. The van der Waals surface area contributed by atoms with Gasteiger partial charge in [0, 0.05) is 11.6 Å². The first-order valence-corrected chi connectivity index (χ1v) is 7.40. The summed E-state index contributed by atoms with van der Waals surface area (Å²) in [5, 5.41) is 1.04. The second-order valence-corrected chi connectivity index (χ2v) is 5.81. The van der Waals surface area contributed by atoms with Crippen molar-refractivity contribution < 1.29 is 9.47 Å². The summed E-state index contributed by atoms with van der Waals surface area (Å²) in [7, 11) is 0. The molecule has 100 valence electrons. The van der Waals surface area contributed by atoms with Crippen LogP contribution in [0.5, 0.6) is 5.75 Å². The molecule has 0 bridgehead atoms. The Kier molecular flexibility index (Phi) is 2.90. The fourth-order valence-electron chi connectivity index (χ4n) is 2.05. The zero-order chi connectivity index (χ0) is 13.4. The van der Waals surface area contributed by atoms with Gasteiger partial charge in [-0.3, -0.25) is 0 Å². The monoisotopic (exact) mass is 283 g/mol. The normalized spacial score (nSPS) is 17.3. The second kappa shape index (κ2) is 4.89. The Bertz CT molecular complexity index is 735. The van der Waals surface area contributed by atoms with Crippen LogP contribution in [-0.4, -0.2) is 24.3 Å². The van der Waals surface area contributed by atoms with Gasteiger partial charge in [-0.15, -0.1) is 11.3 Å². The highest BCUT2D eigenvalue weighted by atomic mass is 32.1. The van der Waals surface area contributed by atoms with Crippen molar-refractivity contribution in [2.45, 2.75) is 6.10 Å². The van der Waals surface area contributed by atoms with Crippen LogP contribution < -0.4 is 4.74 Å². The number of rotatable bonds is 4. The van der Waals surface area contributed by atoms with Gasteiger partial charge in [-0.1, -0.05) is 30.3 Å². The van der Waals surface area contributed by atoms with Gasteiger partial charge < -0.3 is 9.47 Å². The van der Waals surface area contributed by atoms with E-state index in [-0.39, 0.29) is 6.10 Å². The Labute approximate surface area is 120 Å². The van der Waals surface area contributed by atoms with E-state index in [4.69, 9.17) is 14.5 Å². The molecular formula is C16H13NO2S. The van der Waals surface area contributed by atoms with Crippen LogP contribution in [0.15, 0.2) is 48.5 Å². The molecule has 1 fully saturated rings. The molecule has 3 nitrogen and oxygen atoms in total. The van der Waals surface area contributed by atoms with E-state index in [9.17, 15) is 0 Å². The van der Waals surface area contributed by atoms with Gasteiger partial charge in [-0.05, 0) is 12.1 Å². The lowest BCUT2D eigenvalue weighted by Gasteiger charge is -2.02. The van der Waals surface area contributed by atoms with Crippen LogP contribution in [0.3, 0.4) is 0 Å². The topological polar surface area (TPSA) is 34.6 Å². The molecular weight excluding hydrogens is 270 g/mol. The molecule has 2 heterocycles. The number of fused-ring (bicyclic) bond motifs is 1. The molecule has 1 aliphatic rings. The maximum atomic E-state index is 5.69. The summed E-state index contributed by atoms with van der Waals surface area (Å²) >= 11 is 1.70. The minimum absolute atomic E-state index is 0.279. The summed E-state index contributed by atoms with van der Waals surface area (Å²) in [5.41, 5.74) is 2.14. The van der Waals surface area contributed by atoms with Crippen LogP contribution in [0.1, 0.15) is 0 Å². The molecule has 4 heteroatoms. The lowest BCUT2D eigenvalue weighted by molar-refractivity contribution is 0.263. The van der Waals surface area contributed by atoms with Gasteiger partial charge in [-0.2, -0.15) is 0 Å². The first-order chi connectivity index (χ1) is 9.88. The fourth-order valence-corrected chi connectivity index (χ4v) is 3.01. The predicted octanol–water partition coefficient (Wildman–Crippen LogP) is 3.74. The number of aromatic nitrogens is 1. The van der Waals surface area contributed by atoms with Gasteiger partial charge in [0.05, 0.1) is 16.8 Å². The van der Waals surface area contributed by atoms with Crippen molar-refractivity contribution in [3.8, 4) is 16.3 Å². The molecule has 1 aromatic heterocycles. The number of epoxide rings is 1. The zero-order valence-corrected chi connectivity index (χ0v) is 11.6.